The van der Waals surface area contributed by atoms with Gasteiger partial charge in [0.15, 0.2) is 11.6 Å². The van der Waals surface area contributed by atoms with Crippen molar-refractivity contribution in [2.24, 2.45) is 0 Å². The molecule has 0 saturated heterocycles. The Morgan fingerprint density at radius 3 is 2.70 bits per heavy atom. The second-order valence-corrected chi connectivity index (χ2v) is 4.58. The van der Waals surface area contributed by atoms with E-state index in [0.717, 1.165) is 6.07 Å². The van der Waals surface area contributed by atoms with Gasteiger partial charge in [0.25, 0.3) is 0 Å². The van der Waals surface area contributed by atoms with Crippen molar-refractivity contribution < 1.29 is 13.5 Å². The van der Waals surface area contributed by atoms with Crippen LogP contribution in [0.1, 0.15) is 33.1 Å². The predicted octanol–water partition coefficient (Wildman–Crippen LogP) is 3.41. The summed E-state index contributed by atoms with van der Waals surface area (Å²) in [7, 11) is 0. The van der Waals surface area contributed by atoms with Gasteiger partial charge in [0.05, 0.1) is 12.7 Å². The van der Waals surface area contributed by atoms with Gasteiger partial charge >= 0.3 is 0 Å². The number of rotatable bonds is 8. The maximum atomic E-state index is 13.4. The standard InChI is InChI=1S/C15H20F2N2O/c1-3-15(11-18,19-4-2)9-6-10-20-13-8-5-7-12(16)14(13)17/h5,7-8,19H,3-4,6,9-10H2,1-2H3. The quantitative estimate of drug-likeness (QED) is 0.743. The molecule has 0 bridgehead atoms. The van der Waals surface area contributed by atoms with Crippen molar-refractivity contribution in [2.75, 3.05) is 13.2 Å². The molecule has 0 fully saturated rings. The highest BCUT2D eigenvalue weighted by Crippen LogP contribution is 2.21. The number of nitrogens with zero attached hydrogens (tertiary/aromatic N) is 1. The van der Waals surface area contributed by atoms with E-state index < -0.39 is 17.2 Å². The Kier molecular flexibility index (Phi) is 6.40. The first-order chi connectivity index (χ1) is 9.58. The largest absolute Gasteiger partial charge is 0.490 e. The summed E-state index contributed by atoms with van der Waals surface area (Å²) in [5.41, 5.74) is -0.571. The zero-order valence-electron chi connectivity index (χ0n) is 11.9. The molecule has 0 aromatic heterocycles. The summed E-state index contributed by atoms with van der Waals surface area (Å²) in [5.74, 6) is -1.98. The van der Waals surface area contributed by atoms with Crippen molar-refractivity contribution in [3.63, 3.8) is 0 Å². The van der Waals surface area contributed by atoms with Crippen molar-refractivity contribution in [3.05, 3.63) is 29.8 Å². The summed E-state index contributed by atoms with van der Waals surface area (Å²) in [6.45, 7) is 4.84. The molecule has 0 aliphatic heterocycles. The van der Waals surface area contributed by atoms with Gasteiger partial charge in [-0.3, -0.25) is 5.32 Å². The summed E-state index contributed by atoms with van der Waals surface area (Å²) in [6.07, 6.45) is 1.88. The third-order valence-electron chi connectivity index (χ3n) is 3.25. The molecule has 1 atom stereocenters. The van der Waals surface area contributed by atoms with E-state index in [1.807, 2.05) is 13.8 Å². The first-order valence-electron chi connectivity index (χ1n) is 6.81. The van der Waals surface area contributed by atoms with Crippen LogP contribution >= 0.6 is 0 Å². The highest BCUT2D eigenvalue weighted by molar-refractivity contribution is 5.24. The molecule has 1 N–H and O–H groups in total. The fourth-order valence-electron chi connectivity index (χ4n) is 2.05. The number of nitrogens with one attached hydrogen (secondary N) is 1. The van der Waals surface area contributed by atoms with Crippen LogP contribution < -0.4 is 10.1 Å². The van der Waals surface area contributed by atoms with Gasteiger partial charge in [-0.1, -0.05) is 19.9 Å². The molecule has 0 aliphatic carbocycles. The van der Waals surface area contributed by atoms with Gasteiger partial charge in [0.2, 0.25) is 5.82 Å². The molecule has 0 amide bonds. The van der Waals surface area contributed by atoms with E-state index >= 15 is 0 Å². The zero-order chi connectivity index (χ0) is 15.0. The summed E-state index contributed by atoms with van der Waals surface area (Å²) in [5, 5.41) is 12.4. The lowest BCUT2D eigenvalue weighted by Crippen LogP contribution is -2.43. The minimum Gasteiger partial charge on any atom is -0.490 e. The maximum Gasteiger partial charge on any atom is 0.200 e. The lowest BCUT2D eigenvalue weighted by Gasteiger charge is -2.26. The Morgan fingerprint density at radius 1 is 1.35 bits per heavy atom. The van der Waals surface area contributed by atoms with Crippen LogP contribution in [0.15, 0.2) is 18.2 Å². The van der Waals surface area contributed by atoms with Gasteiger partial charge in [-0.05, 0) is 37.9 Å². The van der Waals surface area contributed by atoms with Gasteiger partial charge in [-0.25, -0.2) is 4.39 Å². The van der Waals surface area contributed by atoms with Gasteiger partial charge in [0.1, 0.15) is 5.54 Å². The molecule has 3 nitrogen and oxygen atoms in total. The van der Waals surface area contributed by atoms with Crippen molar-refractivity contribution in [1.29, 1.82) is 5.26 Å². The number of benzene rings is 1. The van der Waals surface area contributed by atoms with Crippen LogP contribution in [0.5, 0.6) is 5.75 Å². The number of nitriles is 1. The highest BCUT2D eigenvalue weighted by Gasteiger charge is 2.25. The van der Waals surface area contributed by atoms with Crippen LogP contribution in [-0.2, 0) is 0 Å². The highest BCUT2D eigenvalue weighted by atomic mass is 19.2. The summed E-state index contributed by atoms with van der Waals surface area (Å²) in [6, 6.07) is 6.12. The summed E-state index contributed by atoms with van der Waals surface area (Å²) < 4.78 is 31.6. The molecule has 0 aliphatic rings. The Morgan fingerprint density at radius 2 is 2.10 bits per heavy atom. The Hall–Kier alpha value is -1.67. The predicted molar refractivity (Wildman–Crippen MR) is 73.4 cm³/mol. The molecule has 0 spiro atoms. The first kappa shape index (κ1) is 16.4. The average molecular weight is 282 g/mol. The van der Waals surface area contributed by atoms with Crippen LogP contribution in [0.4, 0.5) is 8.78 Å². The van der Waals surface area contributed by atoms with Gasteiger partial charge < -0.3 is 4.74 Å². The molecule has 0 saturated carbocycles. The van der Waals surface area contributed by atoms with Crippen molar-refractivity contribution in [1.82, 2.24) is 5.32 Å². The molecule has 0 radical (unpaired) electrons. The summed E-state index contributed by atoms with van der Waals surface area (Å²) in [4.78, 5) is 0. The molecule has 1 aromatic carbocycles. The smallest absolute Gasteiger partial charge is 0.200 e. The second kappa shape index (κ2) is 7.81. The molecular formula is C15H20F2N2O. The lowest BCUT2D eigenvalue weighted by atomic mass is 9.92. The molecule has 5 heteroatoms. The average Bonchev–Trinajstić information content (AvgIpc) is 2.46. The van der Waals surface area contributed by atoms with E-state index in [2.05, 4.69) is 11.4 Å². The van der Waals surface area contributed by atoms with E-state index in [1.165, 1.54) is 12.1 Å². The van der Waals surface area contributed by atoms with Crippen LogP contribution in [0.2, 0.25) is 0 Å². The molecule has 1 rings (SSSR count). The van der Waals surface area contributed by atoms with Crippen molar-refractivity contribution in [3.8, 4) is 11.8 Å². The Balaban J connectivity index is 2.48. The minimum absolute atomic E-state index is 0.0903. The summed E-state index contributed by atoms with van der Waals surface area (Å²) >= 11 is 0. The van der Waals surface area contributed by atoms with E-state index in [9.17, 15) is 14.0 Å². The van der Waals surface area contributed by atoms with Crippen LogP contribution in [0.3, 0.4) is 0 Å². The first-order valence-corrected chi connectivity index (χ1v) is 6.81. The van der Waals surface area contributed by atoms with Crippen LogP contribution in [-0.4, -0.2) is 18.7 Å². The minimum atomic E-state index is -0.971. The van der Waals surface area contributed by atoms with E-state index in [0.29, 0.717) is 25.8 Å². The van der Waals surface area contributed by atoms with Crippen LogP contribution in [0.25, 0.3) is 0 Å². The molecule has 1 unspecified atom stereocenters. The fourth-order valence-corrected chi connectivity index (χ4v) is 2.05. The van der Waals surface area contributed by atoms with Gasteiger partial charge in [-0.15, -0.1) is 0 Å². The molecule has 110 valence electrons. The topological polar surface area (TPSA) is 45.0 Å². The second-order valence-electron chi connectivity index (χ2n) is 4.58. The number of hydrogen-bond acceptors (Lipinski definition) is 3. The Labute approximate surface area is 118 Å². The van der Waals surface area contributed by atoms with Gasteiger partial charge in [-0.2, -0.15) is 9.65 Å². The normalized spacial score (nSPS) is 13.6. The molecular weight excluding hydrogens is 262 g/mol. The lowest BCUT2D eigenvalue weighted by molar-refractivity contribution is 0.264. The van der Waals surface area contributed by atoms with E-state index in [4.69, 9.17) is 4.74 Å². The van der Waals surface area contributed by atoms with Crippen molar-refractivity contribution in [2.45, 2.75) is 38.6 Å². The third kappa shape index (κ3) is 4.17. The SMILES string of the molecule is CCNC(C#N)(CC)CCCOc1cccc(F)c1F. The molecule has 0 heterocycles. The monoisotopic (exact) mass is 282 g/mol. The van der Waals surface area contributed by atoms with Gasteiger partial charge in [0, 0.05) is 0 Å². The van der Waals surface area contributed by atoms with Crippen molar-refractivity contribution >= 4 is 0 Å². The number of halogens is 2. The number of ether oxygens (including phenoxy) is 1. The fraction of sp³-hybridized carbons (Fsp3) is 0.533. The number of hydrogen-bond donors (Lipinski definition) is 1. The molecule has 20 heavy (non-hydrogen) atoms. The third-order valence-corrected chi connectivity index (χ3v) is 3.25. The maximum absolute atomic E-state index is 13.4. The van der Waals surface area contributed by atoms with E-state index in [1.54, 1.807) is 0 Å². The zero-order valence-corrected chi connectivity index (χ0v) is 11.9. The van der Waals surface area contributed by atoms with Crippen LogP contribution in [0, 0.1) is 23.0 Å². The Bertz CT molecular complexity index is 473. The molecule has 1 aromatic rings. The van der Waals surface area contributed by atoms with E-state index in [-0.39, 0.29) is 12.4 Å².